The lowest BCUT2D eigenvalue weighted by atomic mass is 9.87. The van der Waals surface area contributed by atoms with E-state index in [0.29, 0.717) is 12.1 Å². The van der Waals surface area contributed by atoms with E-state index < -0.39 is 0 Å². The van der Waals surface area contributed by atoms with Gasteiger partial charge in [-0.15, -0.1) is 0 Å². The summed E-state index contributed by atoms with van der Waals surface area (Å²) in [6, 6.07) is 17.7. The molecule has 1 saturated heterocycles. The lowest BCUT2D eigenvalue weighted by molar-refractivity contribution is 0.0984. The molecule has 0 aliphatic carbocycles. The number of hydrogen-bond acceptors (Lipinski definition) is 2. The first kappa shape index (κ1) is 15.8. The Morgan fingerprint density at radius 2 is 1.83 bits per heavy atom. The van der Waals surface area contributed by atoms with Crippen LogP contribution in [0, 0.1) is 0 Å². The molecule has 1 atom stereocenters. The van der Waals surface area contributed by atoms with Crippen molar-refractivity contribution in [2.24, 2.45) is 0 Å². The molecule has 0 bridgehead atoms. The van der Waals surface area contributed by atoms with Crippen LogP contribution in [0.4, 0.5) is 5.69 Å². The van der Waals surface area contributed by atoms with Crippen LogP contribution in [0.2, 0.25) is 0 Å². The fourth-order valence-corrected chi connectivity index (χ4v) is 2.56. The number of benzene rings is 2. The number of nitrogens with zero attached hydrogens (tertiary/aromatic N) is 1. The molecule has 3 heteroatoms. The zero-order valence-corrected chi connectivity index (χ0v) is 14.0. The molecule has 1 aliphatic rings. The molecule has 2 aromatic rings. The summed E-state index contributed by atoms with van der Waals surface area (Å²) in [6.07, 6.45) is 0.154. The van der Waals surface area contributed by atoms with Crippen molar-refractivity contribution in [3.63, 3.8) is 0 Å². The van der Waals surface area contributed by atoms with Crippen LogP contribution in [0.1, 0.15) is 36.7 Å². The number of carbonyl (C=O) groups excluding carboxylic acids is 1. The summed E-state index contributed by atoms with van der Waals surface area (Å²) in [5.41, 5.74) is 2.90. The van der Waals surface area contributed by atoms with Crippen molar-refractivity contribution in [3.8, 4) is 0 Å². The Morgan fingerprint density at radius 3 is 2.43 bits per heavy atom. The zero-order valence-electron chi connectivity index (χ0n) is 14.0. The fraction of sp³-hybridized carbons (Fsp3) is 0.350. The van der Waals surface area contributed by atoms with E-state index >= 15 is 0 Å². The van der Waals surface area contributed by atoms with Crippen LogP contribution in [-0.2, 0) is 10.2 Å². The van der Waals surface area contributed by atoms with Gasteiger partial charge in [0.05, 0.1) is 19.3 Å². The molecule has 23 heavy (non-hydrogen) atoms. The molecule has 0 aromatic heterocycles. The molecule has 120 valence electrons. The molecule has 0 radical (unpaired) electrons. The first-order valence-corrected chi connectivity index (χ1v) is 8.04. The summed E-state index contributed by atoms with van der Waals surface area (Å²) in [7, 11) is 0. The van der Waals surface area contributed by atoms with Crippen molar-refractivity contribution in [2.75, 3.05) is 18.1 Å². The largest absolute Gasteiger partial charge is 0.371 e. The van der Waals surface area contributed by atoms with Crippen molar-refractivity contribution in [3.05, 3.63) is 65.7 Å². The van der Waals surface area contributed by atoms with Crippen LogP contribution in [0.15, 0.2) is 54.6 Å². The van der Waals surface area contributed by atoms with Gasteiger partial charge in [-0.2, -0.15) is 0 Å². The van der Waals surface area contributed by atoms with E-state index in [2.05, 4.69) is 32.9 Å². The van der Waals surface area contributed by atoms with Crippen LogP contribution in [0.25, 0.3) is 0 Å². The van der Waals surface area contributed by atoms with E-state index in [1.165, 1.54) is 5.56 Å². The fourth-order valence-electron chi connectivity index (χ4n) is 2.56. The highest BCUT2D eigenvalue weighted by atomic mass is 16.6. The number of hydrogen-bond donors (Lipinski definition) is 0. The van der Waals surface area contributed by atoms with E-state index in [1.807, 2.05) is 47.4 Å². The third-order valence-corrected chi connectivity index (χ3v) is 4.08. The summed E-state index contributed by atoms with van der Waals surface area (Å²) in [5, 5.41) is 0. The standard InChI is InChI=1S/C20H23NO2/c1-20(2,3)16-10-7-11-17(12-16)21(13-18-14-23-18)19(22)15-8-5-4-6-9-15/h4-12,18H,13-14H2,1-3H3. The monoisotopic (exact) mass is 309 g/mol. The van der Waals surface area contributed by atoms with Crippen LogP contribution >= 0.6 is 0 Å². The Bertz CT molecular complexity index is 684. The second-order valence-corrected chi connectivity index (χ2v) is 7.04. The average molecular weight is 309 g/mol. The number of amides is 1. The molecule has 1 heterocycles. The lowest BCUT2D eigenvalue weighted by Crippen LogP contribution is -2.34. The zero-order chi connectivity index (χ0) is 16.4. The van der Waals surface area contributed by atoms with Gasteiger partial charge in [0.1, 0.15) is 0 Å². The van der Waals surface area contributed by atoms with Gasteiger partial charge in [-0.3, -0.25) is 4.79 Å². The lowest BCUT2D eigenvalue weighted by Gasteiger charge is -2.25. The van der Waals surface area contributed by atoms with Crippen LogP contribution in [0.3, 0.4) is 0 Å². The Hall–Kier alpha value is -2.13. The van der Waals surface area contributed by atoms with E-state index in [9.17, 15) is 4.79 Å². The second-order valence-electron chi connectivity index (χ2n) is 7.04. The van der Waals surface area contributed by atoms with Crippen molar-refractivity contribution >= 4 is 11.6 Å². The minimum atomic E-state index is 0.0205. The van der Waals surface area contributed by atoms with Crippen molar-refractivity contribution < 1.29 is 9.53 Å². The van der Waals surface area contributed by atoms with Crippen LogP contribution in [0.5, 0.6) is 0 Å². The highest BCUT2D eigenvalue weighted by Crippen LogP contribution is 2.28. The molecule has 2 aromatic carbocycles. The number of rotatable bonds is 4. The first-order valence-electron chi connectivity index (χ1n) is 8.04. The summed E-state index contributed by atoms with van der Waals surface area (Å²) in [4.78, 5) is 14.8. The molecule has 1 unspecified atom stereocenters. The molecule has 0 spiro atoms. The highest BCUT2D eigenvalue weighted by molar-refractivity contribution is 6.06. The molecule has 3 nitrogen and oxygen atoms in total. The van der Waals surface area contributed by atoms with Gasteiger partial charge in [0.15, 0.2) is 0 Å². The maximum Gasteiger partial charge on any atom is 0.258 e. The first-order chi connectivity index (χ1) is 10.9. The molecule has 3 rings (SSSR count). The van der Waals surface area contributed by atoms with Gasteiger partial charge >= 0.3 is 0 Å². The number of carbonyl (C=O) groups is 1. The van der Waals surface area contributed by atoms with E-state index in [1.54, 1.807) is 0 Å². The van der Waals surface area contributed by atoms with Crippen molar-refractivity contribution in [1.29, 1.82) is 0 Å². The Balaban J connectivity index is 1.94. The van der Waals surface area contributed by atoms with Crippen molar-refractivity contribution in [2.45, 2.75) is 32.3 Å². The quantitative estimate of drug-likeness (QED) is 0.799. The van der Waals surface area contributed by atoms with Gasteiger partial charge < -0.3 is 9.64 Å². The van der Waals surface area contributed by atoms with Crippen LogP contribution in [-0.4, -0.2) is 25.2 Å². The molecule has 0 saturated carbocycles. The van der Waals surface area contributed by atoms with Gasteiger partial charge in [-0.25, -0.2) is 0 Å². The van der Waals surface area contributed by atoms with Crippen molar-refractivity contribution in [1.82, 2.24) is 0 Å². The smallest absolute Gasteiger partial charge is 0.258 e. The van der Waals surface area contributed by atoms with Gasteiger partial charge in [0, 0.05) is 11.3 Å². The molecule has 1 fully saturated rings. The normalized spacial score (nSPS) is 16.9. The summed E-state index contributed by atoms with van der Waals surface area (Å²) in [6.45, 7) is 7.87. The number of ether oxygens (including phenoxy) is 1. The Labute approximate surface area is 137 Å². The SMILES string of the molecule is CC(C)(C)c1cccc(N(CC2CO2)C(=O)c2ccccc2)c1. The highest BCUT2D eigenvalue weighted by Gasteiger charge is 2.29. The molecular weight excluding hydrogens is 286 g/mol. The number of anilines is 1. The predicted molar refractivity (Wildman–Crippen MR) is 93.0 cm³/mol. The molecule has 0 N–H and O–H groups in total. The predicted octanol–water partition coefficient (Wildman–Crippen LogP) is 4.03. The third kappa shape index (κ3) is 3.80. The maximum absolute atomic E-state index is 12.9. The third-order valence-electron chi connectivity index (χ3n) is 4.08. The van der Waals surface area contributed by atoms with Gasteiger partial charge in [0.2, 0.25) is 0 Å². The van der Waals surface area contributed by atoms with E-state index in [4.69, 9.17) is 4.74 Å². The molecule has 1 amide bonds. The summed E-state index contributed by atoms with van der Waals surface area (Å²) < 4.78 is 5.35. The van der Waals surface area contributed by atoms with Gasteiger partial charge in [-0.05, 0) is 35.2 Å². The minimum absolute atomic E-state index is 0.0205. The summed E-state index contributed by atoms with van der Waals surface area (Å²) >= 11 is 0. The molecule has 1 aliphatic heterocycles. The van der Waals surface area contributed by atoms with Gasteiger partial charge in [0.25, 0.3) is 5.91 Å². The second kappa shape index (κ2) is 6.17. The van der Waals surface area contributed by atoms with Crippen LogP contribution < -0.4 is 4.90 Å². The number of epoxide rings is 1. The Kier molecular flexibility index (Phi) is 4.22. The summed E-state index contributed by atoms with van der Waals surface area (Å²) in [5.74, 6) is 0.0205. The van der Waals surface area contributed by atoms with E-state index in [0.717, 1.165) is 12.3 Å². The molecular formula is C20H23NO2. The Morgan fingerprint density at radius 1 is 1.13 bits per heavy atom. The van der Waals surface area contributed by atoms with E-state index in [-0.39, 0.29) is 17.4 Å². The van der Waals surface area contributed by atoms with Gasteiger partial charge in [-0.1, -0.05) is 51.1 Å². The average Bonchev–Trinajstić information content (AvgIpc) is 3.36. The topological polar surface area (TPSA) is 32.8 Å². The minimum Gasteiger partial charge on any atom is -0.371 e. The maximum atomic E-state index is 12.9.